The number of ether oxygens (including phenoxy) is 1. The molecule has 12 heteroatoms. The number of nitrogens with one attached hydrogen (secondary N) is 2. The minimum atomic E-state index is -4.15. The van der Waals surface area contributed by atoms with Gasteiger partial charge in [-0.25, -0.2) is 23.2 Å². The van der Waals surface area contributed by atoms with Crippen molar-refractivity contribution in [1.82, 2.24) is 9.97 Å². The number of urea groups is 1. The lowest BCUT2D eigenvalue weighted by Crippen LogP contribution is -2.42. The number of primary amides is 1. The number of methoxy groups -OCH3 is 1. The number of para-hydroxylation sites is 2. The molecule has 39 heavy (non-hydrogen) atoms. The van der Waals surface area contributed by atoms with E-state index in [2.05, 4.69) is 20.0 Å². The maximum Gasteiger partial charge on any atom is 0.319 e. The molecule has 0 unspecified atom stereocenters. The first-order valence-corrected chi connectivity index (χ1v) is 14.2. The van der Waals surface area contributed by atoms with Crippen LogP contribution in [0.5, 0.6) is 5.75 Å². The SMILES string of the molecule is COc1ccc(Cl)c(Nc2nc3ccccc3nc2NS(=O)(=O)c2cccc(N(C(N)=O)C3CCCC3)c2)c1. The van der Waals surface area contributed by atoms with Crippen molar-refractivity contribution in [2.75, 3.05) is 22.0 Å². The number of carbonyl (C=O) groups excluding carboxylic acids is 1. The van der Waals surface area contributed by atoms with E-state index < -0.39 is 16.1 Å². The van der Waals surface area contributed by atoms with E-state index in [4.69, 9.17) is 22.1 Å². The van der Waals surface area contributed by atoms with Gasteiger partial charge in [-0.1, -0.05) is 42.6 Å². The summed E-state index contributed by atoms with van der Waals surface area (Å²) in [5.74, 6) is 0.671. The van der Waals surface area contributed by atoms with E-state index in [0.29, 0.717) is 33.2 Å². The predicted molar refractivity (Wildman–Crippen MR) is 152 cm³/mol. The Labute approximate surface area is 231 Å². The molecular formula is C27H27ClN6O4S. The fourth-order valence-corrected chi connectivity index (χ4v) is 5.89. The number of nitrogens with two attached hydrogens (primary N) is 1. The Kier molecular flexibility index (Phi) is 7.45. The second-order valence-electron chi connectivity index (χ2n) is 9.13. The number of fused-ring (bicyclic) bond motifs is 1. The van der Waals surface area contributed by atoms with Crippen molar-refractivity contribution < 1.29 is 17.9 Å². The molecule has 0 atom stereocenters. The largest absolute Gasteiger partial charge is 0.497 e. The Bertz CT molecular complexity index is 1640. The average molecular weight is 567 g/mol. The van der Waals surface area contributed by atoms with E-state index in [9.17, 15) is 13.2 Å². The zero-order valence-electron chi connectivity index (χ0n) is 21.1. The highest BCUT2D eigenvalue weighted by atomic mass is 35.5. The summed E-state index contributed by atoms with van der Waals surface area (Å²) < 4.78 is 35.0. The van der Waals surface area contributed by atoms with Crippen molar-refractivity contribution in [3.8, 4) is 5.75 Å². The number of anilines is 4. The molecule has 0 spiro atoms. The van der Waals surface area contributed by atoms with Crippen molar-refractivity contribution in [2.45, 2.75) is 36.6 Å². The van der Waals surface area contributed by atoms with E-state index in [1.807, 2.05) is 6.07 Å². The highest BCUT2D eigenvalue weighted by molar-refractivity contribution is 7.92. The molecule has 0 radical (unpaired) electrons. The van der Waals surface area contributed by atoms with E-state index in [1.165, 1.54) is 24.1 Å². The Balaban J connectivity index is 1.53. The third-order valence-electron chi connectivity index (χ3n) is 6.56. The average Bonchev–Trinajstić information content (AvgIpc) is 3.44. The molecule has 4 aromatic rings. The molecule has 202 valence electrons. The van der Waals surface area contributed by atoms with Crippen molar-refractivity contribution >= 4 is 61.7 Å². The minimum Gasteiger partial charge on any atom is -0.497 e. The van der Waals surface area contributed by atoms with Gasteiger partial charge >= 0.3 is 6.03 Å². The van der Waals surface area contributed by atoms with Crippen LogP contribution in [-0.4, -0.2) is 37.6 Å². The zero-order valence-corrected chi connectivity index (χ0v) is 22.7. The van der Waals surface area contributed by atoms with Gasteiger partial charge in [-0.2, -0.15) is 0 Å². The van der Waals surface area contributed by atoms with Crippen LogP contribution in [0.4, 0.5) is 27.8 Å². The standard InChI is InChI=1S/C27H27ClN6O4S/c1-38-19-13-14-21(28)24(16-19)32-25-26(31-23-12-5-4-11-22(23)30-25)33-39(36,37)20-10-6-9-18(15-20)34(27(29)35)17-7-2-3-8-17/h4-6,9-17H,2-3,7-8H2,1H3,(H2,29,35)(H,30,32)(H,31,33). The molecule has 3 aromatic carbocycles. The van der Waals surface area contributed by atoms with E-state index >= 15 is 0 Å². The molecule has 2 amide bonds. The topological polar surface area (TPSA) is 140 Å². The number of rotatable bonds is 8. The molecule has 0 saturated heterocycles. The molecule has 1 saturated carbocycles. The van der Waals surface area contributed by atoms with Crippen LogP contribution < -0.4 is 25.4 Å². The molecule has 1 heterocycles. The Morgan fingerprint density at radius 2 is 1.69 bits per heavy atom. The van der Waals surface area contributed by atoms with Crippen LogP contribution in [0, 0.1) is 0 Å². The summed E-state index contributed by atoms with van der Waals surface area (Å²) in [4.78, 5) is 22.8. The summed E-state index contributed by atoms with van der Waals surface area (Å²) in [7, 11) is -2.62. The van der Waals surface area contributed by atoms with Gasteiger partial charge in [-0.15, -0.1) is 0 Å². The Morgan fingerprint density at radius 3 is 2.36 bits per heavy atom. The third kappa shape index (κ3) is 5.69. The van der Waals surface area contributed by atoms with E-state index in [-0.39, 0.29) is 22.6 Å². The maximum atomic E-state index is 13.6. The number of carbonyl (C=O) groups is 1. The predicted octanol–water partition coefficient (Wildman–Crippen LogP) is 5.66. The van der Waals surface area contributed by atoms with Gasteiger partial charge in [0.05, 0.1) is 33.7 Å². The van der Waals surface area contributed by atoms with E-state index in [1.54, 1.807) is 48.5 Å². The molecular weight excluding hydrogens is 540 g/mol. The van der Waals surface area contributed by atoms with Gasteiger partial charge in [-0.3, -0.25) is 9.62 Å². The second-order valence-corrected chi connectivity index (χ2v) is 11.2. The van der Waals surface area contributed by atoms with Crippen LogP contribution in [0.15, 0.2) is 71.6 Å². The van der Waals surface area contributed by atoms with Crippen molar-refractivity contribution in [3.05, 3.63) is 71.8 Å². The zero-order chi connectivity index (χ0) is 27.6. The van der Waals surface area contributed by atoms with Crippen LogP contribution in [0.1, 0.15) is 25.7 Å². The van der Waals surface area contributed by atoms with Crippen LogP contribution >= 0.6 is 11.6 Å². The first-order valence-electron chi connectivity index (χ1n) is 12.3. The van der Waals surface area contributed by atoms with Gasteiger partial charge in [0.1, 0.15) is 5.75 Å². The first-order chi connectivity index (χ1) is 18.7. The highest BCUT2D eigenvalue weighted by Gasteiger charge is 2.28. The lowest BCUT2D eigenvalue weighted by molar-refractivity contribution is 0.251. The lowest BCUT2D eigenvalue weighted by atomic mass is 10.2. The summed E-state index contributed by atoms with van der Waals surface area (Å²) in [5, 5.41) is 3.46. The molecule has 10 nitrogen and oxygen atoms in total. The number of hydrogen-bond donors (Lipinski definition) is 3. The van der Waals surface area contributed by atoms with Crippen LogP contribution in [0.2, 0.25) is 5.02 Å². The first kappa shape index (κ1) is 26.5. The molecule has 1 aliphatic carbocycles. The fourth-order valence-electron chi connectivity index (χ4n) is 4.68. The summed E-state index contributed by atoms with van der Waals surface area (Å²) in [5.41, 5.74) is 7.61. The van der Waals surface area contributed by atoms with Gasteiger partial charge < -0.3 is 15.8 Å². The molecule has 1 aliphatic rings. The van der Waals surface area contributed by atoms with Crippen LogP contribution in [0.3, 0.4) is 0 Å². The van der Waals surface area contributed by atoms with Gasteiger partial charge in [0, 0.05) is 17.8 Å². The summed E-state index contributed by atoms with van der Waals surface area (Å²) >= 11 is 6.38. The van der Waals surface area contributed by atoms with Crippen LogP contribution in [-0.2, 0) is 10.0 Å². The third-order valence-corrected chi connectivity index (χ3v) is 8.23. The number of nitrogens with zero attached hydrogens (tertiary/aromatic N) is 3. The van der Waals surface area contributed by atoms with E-state index in [0.717, 1.165) is 25.7 Å². The smallest absolute Gasteiger partial charge is 0.319 e. The molecule has 1 aromatic heterocycles. The number of halogens is 1. The minimum absolute atomic E-state index is 0.0273. The summed E-state index contributed by atoms with van der Waals surface area (Å²) in [6.07, 6.45) is 3.60. The van der Waals surface area contributed by atoms with Crippen molar-refractivity contribution in [2.24, 2.45) is 5.73 Å². The van der Waals surface area contributed by atoms with Crippen molar-refractivity contribution in [1.29, 1.82) is 0 Å². The van der Waals surface area contributed by atoms with Crippen LogP contribution in [0.25, 0.3) is 11.0 Å². The number of sulfonamides is 1. The number of amides is 2. The quantitative estimate of drug-likeness (QED) is 0.250. The Morgan fingerprint density at radius 1 is 1.00 bits per heavy atom. The maximum absolute atomic E-state index is 13.6. The lowest BCUT2D eigenvalue weighted by Gasteiger charge is -2.27. The summed E-state index contributed by atoms with van der Waals surface area (Å²) in [6, 6.07) is 17.6. The van der Waals surface area contributed by atoms with Gasteiger partial charge in [0.2, 0.25) is 0 Å². The molecule has 4 N–H and O–H groups in total. The number of benzene rings is 3. The Hall–Kier alpha value is -4.09. The van der Waals surface area contributed by atoms with Gasteiger partial charge in [-0.05, 0) is 55.3 Å². The highest BCUT2D eigenvalue weighted by Crippen LogP contribution is 2.34. The number of aromatic nitrogens is 2. The normalized spacial score (nSPS) is 13.8. The molecule has 1 fully saturated rings. The molecule has 0 aliphatic heterocycles. The molecule has 5 rings (SSSR count). The van der Waals surface area contributed by atoms with Crippen molar-refractivity contribution in [3.63, 3.8) is 0 Å². The molecule has 0 bridgehead atoms. The summed E-state index contributed by atoms with van der Waals surface area (Å²) in [6.45, 7) is 0. The monoisotopic (exact) mass is 566 g/mol. The number of hydrogen-bond acceptors (Lipinski definition) is 7. The second kappa shape index (κ2) is 11.0. The fraction of sp³-hybridized carbons (Fsp3) is 0.222. The van der Waals surface area contributed by atoms with Gasteiger partial charge in [0.25, 0.3) is 10.0 Å². The van der Waals surface area contributed by atoms with Gasteiger partial charge in [0.15, 0.2) is 11.6 Å².